The van der Waals surface area contributed by atoms with Crippen LogP contribution in [-0.2, 0) is 9.59 Å². The Labute approximate surface area is 163 Å². The number of carboxylic acids is 1. The zero-order chi connectivity index (χ0) is 18.4. The number of hydrogen-bond acceptors (Lipinski definition) is 5. The second kappa shape index (κ2) is 6.68. The number of nitrogens with one attached hydrogen (secondary N) is 1. The largest absolute Gasteiger partial charge is 0.550 e. The Morgan fingerprint density at radius 1 is 1.19 bits per heavy atom. The number of carboxylic acid groups (broad SMARTS) is 1. The fourth-order valence-corrected chi connectivity index (χ4v) is 5.06. The molecule has 2 aliphatic carbocycles. The van der Waals surface area contributed by atoms with Gasteiger partial charge in [-0.25, -0.2) is 4.98 Å². The number of halogens is 2. The van der Waals surface area contributed by atoms with E-state index in [1.54, 1.807) is 23.6 Å². The number of thiazole rings is 1. The van der Waals surface area contributed by atoms with E-state index >= 15 is 0 Å². The van der Waals surface area contributed by atoms with Gasteiger partial charge < -0.3 is 15.2 Å². The number of aliphatic carboxylic acids is 1. The molecule has 2 aliphatic rings. The minimum atomic E-state index is -1.17. The van der Waals surface area contributed by atoms with Crippen molar-refractivity contribution in [2.24, 2.45) is 23.7 Å². The van der Waals surface area contributed by atoms with Crippen molar-refractivity contribution in [2.75, 3.05) is 5.32 Å². The maximum Gasteiger partial charge on any atom is 0.230 e. The molecule has 8 heteroatoms. The van der Waals surface area contributed by atoms with E-state index in [1.807, 2.05) is 12.2 Å². The third-order valence-electron chi connectivity index (χ3n) is 4.98. The SMILES string of the molecule is O=C(Nc1nc(-c2ccc(Cl)cc2Cl)cs1)[C@@H]1[C@@H](C(=O)[O-])[C@H]2C=C[C@@H]1C2. The lowest BCUT2D eigenvalue weighted by molar-refractivity contribution is -0.313. The van der Waals surface area contributed by atoms with E-state index in [4.69, 9.17) is 23.2 Å². The molecule has 1 aromatic carbocycles. The van der Waals surface area contributed by atoms with Crippen LogP contribution in [0.5, 0.6) is 0 Å². The second-order valence-corrected chi connectivity index (χ2v) is 8.17. The molecule has 2 aromatic rings. The third-order valence-corrected chi connectivity index (χ3v) is 6.28. The second-order valence-electron chi connectivity index (χ2n) is 6.47. The molecule has 0 saturated heterocycles. The molecule has 2 bridgehead atoms. The predicted octanol–water partition coefficient (Wildman–Crippen LogP) is 3.24. The summed E-state index contributed by atoms with van der Waals surface area (Å²) in [6.07, 6.45) is 4.48. The lowest BCUT2D eigenvalue weighted by Gasteiger charge is -2.27. The van der Waals surface area contributed by atoms with Gasteiger partial charge in [-0.05, 0) is 36.5 Å². The Morgan fingerprint density at radius 3 is 2.62 bits per heavy atom. The molecule has 1 heterocycles. The van der Waals surface area contributed by atoms with E-state index in [0.29, 0.717) is 32.9 Å². The van der Waals surface area contributed by atoms with Crippen molar-refractivity contribution in [3.8, 4) is 11.3 Å². The summed E-state index contributed by atoms with van der Waals surface area (Å²) in [5, 5.41) is 17.4. The molecule has 1 fully saturated rings. The number of carbonyl (C=O) groups is 2. The molecular formula is C18H13Cl2N2O3S-. The van der Waals surface area contributed by atoms with Gasteiger partial charge in [-0.1, -0.05) is 35.4 Å². The number of benzene rings is 1. The van der Waals surface area contributed by atoms with E-state index in [2.05, 4.69) is 10.3 Å². The van der Waals surface area contributed by atoms with Gasteiger partial charge in [0.15, 0.2) is 5.13 Å². The van der Waals surface area contributed by atoms with Gasteiger partial charge in [-0.15, -0.1) is 11.3 Å². The van der Waals surface area contributed by atoms with Gasteiger partial charge in [0, 0.05) is 27.9 Å². The van der Waals surface area contributed by atoms with E-state index in [9.17, 15) is 14.7 Å². The molecule has 0 unspecified atom stereocenters. The monoisotopic (exact) mass is 407 g/mol. The molecule has 4 atom stereocenters. The molecule has 5 nitrogen and oxygen atoms in total. The van der Waals surface area contributed by atoms with Crippen molar-refractivity contribution in [1.82, 2.24) is 4.98 Å². The lowest BCUT2D eigenvalue weighted by atomic mass is 9.82. The van der Waals surface area contributed by atoms with E-state index < -0.39 is 17.8 Å². The third kappa shape index (κ3) is 3.02. The van der Waals surface area contributed by atoms with Crippen LogP contribution in [0.2, 0.25) is 10.0 Å². The van der Waals surface area contributed by atoms with E-state index in [0.717, 1.165) is 0 Å². The fraction of sp³-hybridized carbons (Fsp3) is 0.278. The van der Waals surface area contributed by atoms with Gasteiger partial charge in [0.25, 0.3) is 0 Å². The summed E-state index contributed by atoms with van der Waals surface area (Å²) in [6.45, 7) is 0. The summed E-state index contributed by atoms with van der Waals surface area (Å²) in [5.74, 6) is -3.10. The Balaban J connectivity index is 1.53. The van der Waals surface area contributed by atoms with Crippen molar-refractivity contribution < 1.29 is 14.7 Å². The lowest BCUT2D eigenvalue weighted by Crippen LogP contribution is -2.42. The van der Waals surface area contributed by atoms with Crippen LogP contribution >= 0.6 is 34.5 Å². The van der Waals surface area contributed by atoms with Crippen LogP contribution in [0, 0.1) is 23.7 Å². The van der Waals surface area contributed by atoms with Gasteiger partial charge in [0.1, 0.15) is 0 Å². The summed E-state index contributed by atoms with van der Waals surface area (Å²) in [6, 6.07) is 5.10. The van der Waals surface area contributed by atoms with Gasteiger partial charge in [-0.3, -0.25) is 4.79 Å². The standard InChI is InChI=1S/C18H14Cl2N2O3S/c19-10-3-4-11(12(20)6-10)13-7-26-18(21-13)22-16(23)14-8-1-2-9(5-8)15(14)17(24)25/h1-4,6-9,14-15H,5H2,(H,24,25)(H,21,22,23)/p-1/t8-,9+,14+,15+/m1/s1. The van der Waals surface area contributed by atoms with Crippen LogP contribution in [-0.4, -0.2) is 16.9 Å². The molecule has 1 amide bonds. The van der Waals surface area contributed by atoms with Crippen LogP contribution in [0.25, 0.3) is 11.3 Å². The maximum absolute atomic E-state index is 12.7. The first-order chi connectivity index (χ1) is 12.4. The first-order valence-corrected chi connectivity index (χ1v) is 9.68. The number of amides is 1. The molecule has 1 saturated carbocycles. The Bertz CT molecular complexity index is 927. The molecule has 1 aromatic heterocycles. The van der Waals surface area contributed by atoms with Crippen LogP contribution in [0.15, 0.2) is 35.7 Å². The summed E-state index contributed by atoms with van der Waals surface area (Å²) < 4.78 is 0. The summed E-state index contributed by atoms with van der Waals surface area (Å²) in [5.41, 5.74) is 1.33. The highest BCUT2D eigenvalue weighted by Crippen LogP contribution is 2.48. The minimum Gasteiger partial charge on any atom is -0.550 e. The van der Waals surface area contributed by atoms with Crippen molar-refractivity contribution in [3.05, 3.63) is 45.8 Å². The smallest absolute Gasteiger partial charge is 0.230 e. The van der Waals surface area contributed by atoms with Crippen molar-refractivity contribution in [3.63, 3.8) is 0 Å². The summed E-state index contributed by atoms with van der Waals surface area (Å²) in [7, 11) is 0. The highest BCUT2D eigenvalue weighted by Gasteiger charge is 2.48. The average molecular weight is 408 g/mol. The van der Waals surface area contributed by atoms with Crippen LogP contribution in [0.3, 0.4) is 0 Å². The normalized spacial score (nSPS) is 26.2. The molecule has 0 spiro atoms. The van der Waals surface area contributed by atoms with Gasteiger partial charge in [-0.2, -0.15) is 0 Å². The molecule has 4 rings (SSSR count). The number of nitrogens with zero attached hydrogens (tertiary/aromatic N) is 1. The highest BCUT2D eigenvalue weighted by atomic mass is 35.5. The Kier molecular flexibility index (Phi) is 4.50. The Morgan fingerprint density at radius 2 is 1.92 bits per heavy atom. The number of allylic oxidation sites excluding steroid dienone is 2. The maximum atomic E-state index is 12.7. The Hall–Kier alpha value is -1.89. The number of carbonyl (C=O) groups excluding carboxylic acids is 2. The number of aromatic nitrogens is 1. The van der Waals surface area contributed by atoms with Gasteiger partial charge in [0.05, 0.1) is 16.6 Å². The molecule has 26 heavy (non-hydrogen) atoms. The van der Waals surface area contributed by atoms with Crippen molar-refractivity contribution in [1.29, 1.82) is 0 Å². The van der Waals surface area contributed by atoms with Crippen molar-refractivity contribution in [2.45, 2.75) is 6.42 Å². The number of rotatable bonds is 4. The average Bonchev–Trinajstić information content (AvgIpc) is 3.29. The van der Waals surface area contributed by atoms with Crippen molar-refractivity contribution >= 4 is 51.5 Å². The summed E-state index contributed by atoms with van der Waals surface area (Å²) >= 11 is 13.4. The molecular weight excluding hydrogens is 395 g/mol. The van der Waals surface area contributed by atoms with E-state index in [1.165, 1.54) is 11.3 Å². The zero-order valence-electron chi connectivity index (χ0n) is 13.3. The van der Waals surface area contributed by atoms with Crippen LogP contribution < -0.4 is 10.4 Å². The zero-order valence-corrected chi connectivity index (χ0v) is 15.6. The molecule has 134 valence electrons. The van der Waals surface area contributed by atoms with E-state index in [-0.39, 0.29) is 17.7 Å². The first-order valence-electron chi connectivity index (χ1n) is 8.05. The quantitative estimate of drug-likeness (QED) is 0.788. The molecule has 0 radical (unpaired) electrons. The highest BCUT2D eigenvalue weighted by molar-refractivity contribution is 7.14. The van der Waals surface area contributed by atoms with Crippen LogP contribution in [0.4, 0.5) is 5.13 Å². The number of anilines is 1. The minimum absolute atomic E-state index is 0.0620. The fourth-order valence-electron chi connectivity index (χ4n) is 3.84. The molecule has 0 aliphatic heterocycles. The number of fused-ring (bicyclic) bond motifs is 2. The van der Waals surface area contributed by atoms with Gasteiger partial charge in [0.2, 0.25) is 5.91 Å². The predicted molar refractivity (Wildman–Crippen MR) is 98.9 cm³/mol. The van der Waals surface area contributed by atoms with Crippen LogP contribution in [0.1, 0.15) is 6.42 Å². The molecule has 1 N–H and O–H groups in total. The number of hydrogen-bond donors (Lipinski definition) is 1. The topological polar surface area (TPSA) is 82.1 Å². The van der Waals surface area contributed by atoms with Gasteiger partial charge >= 0.3 is 0 Å². The first kappa shape index (κ1) is 17.5. The summed E-state index contributed by atoms with van der Waals surface area (Å²) in [4.78, 5) is 28.5.